The van der Waals surface area contributed by atoms with Crippen molar-refractivity contribution in [2.45, 2.75) is 32.9 Å². The van der Waals surface area contributed by atoms with Crippen LogP contribution in [-0.4, -0.2) is 59.5 Å². The second-order valence-corrected chi connectivity index (χ2v) is 7.27. The molecule has 6 heteroatoms. The third-order valence-electron chi connectivity index (χ3n) is 5.63. The molecule has 3 aliphatic heterocycles. The molecular weight excluding hydrogens is 304 g/mol. The van der Waals surface area contributed by atoms with Gasteiger partial charge < -0.3 is 14.6 Å². The number of hydrogen-bond acceptors (Lipinski definition) is 5. The van der Waals surface area contributed by atoms with E-state index in [1.165, 1.54) is 0 Å². The number of carbonyl (C=O) groups excluding carboxylic acids is 1. The monoisotopic (exact) mass is 330 g/mol. The molecule has 0 radical (unpaired) electrons. The Kier molecular flexibility index (Phi) is 4.18. The van der Waals surface area contributed by atoms with E-state index in [1.54, 1.807) is 0 Å². The molecule has 130 valence electrons. The van der Waals surface area contributed by atoms with Crippen LogP contribution in [0.15, 0.2) is 16.6 Å². The van der Waals surface area contributed by atoms with Crippen LogP contribution in [0.5, 0.6) is 0 Å². The van der Waals surface area contributed by atoms with Gasteiger partial charge in [-0.2, -0.15) is 0 Å². The van der Waals surface area contributed by atoms with Gasteiger partial charge >= 0.3 is 0 Å². The number of piperazine rings is 1. The van der Waals surface area contributed by atoms with Gasteiger partial charge in [-0.25, -0.2) is 4.98 Å². The van der Waals surface area contributed by atoms with E-state index in [0.29, 0.717) is 11.8 Å². The molecule has 1 amide bonds. The van der Waals surface area contributed by atoms with E-state index in [-0.39, 0.29) is 12.0 Å². The van der Waals surface area contributed by atoms with Crippen molar-refractivity contribution < 1.29 is 9.21 Å². The van der Waals surface area contributed by atoms with Gasteiger partial charge in [-0.1, -0.05) is 12.2 Å². The lowest BCUT2D eigenvalue weighted by molar-refractivity contribution is -0.139. The number of aromatic nitrogens is 1. The van der Waals surface area contributed by atoms with Crippen LogP contribution >= 0.6 is 0 Å². The summed E-state index contributed by atoms with van der Waals surface area (Å²) in [6, 6.07) is 0.235. The maximum atomic E-state index is 12.9. The van der Waals surface area contributed by atoms with Gasteiger partial charge in [0, 0.05) is 38.8 Å². The van der Waals surface area contributed by atoms with Crippen molar-refractivity contribution in [1.29, 1.82) is 0 Å². The Morgan fingerprint density at radius 2 is 2.08 bits per heavy atom. The van der Waals surface area contributed by atoms with Crippen LogP contribution in [0, 0.1) is 25.7 Å². The third kappa shape index (κ3) is 3.00. The summed E-state index contributed by atoms with van der Waals surface area (Å²) >= 11 is 0. The fourth-order valence-electron chi connectivity index (χ4n) is 4.02. The molecule has 24 heavy (non-hydrogen) atoms. The highest BCUT2D eigenvalue weighted by Crippen LogP contribution is 2.30. The van der Waals surface area contributed by atoms with E-state index in [4.69, 9.17) is 4.42 Å². The molecule has 1 aliphatic carbocycles. The largest absolute Gasteiger partial charge is 0.444 e. The summed E-state index contributed by atoms with van der Waals surface area (Å²) in [5, 5.41) is 3.47. The zero-order valence-electron chi connectivity index (χ0n) is 14.5. The highest BCUT2D eigenvalue weighted by atomic mass is 16.4. The maximum Gasteiger partial charge on any atom is 0.227 e. The summed E-state index contributed by atoms with van der Waals surface area (Å²) in [5.41, 5.74) is 0.965. The van der Waals surface area contributed by atoms with Gasteiger partial charge in [0.1, 0.15) is 5.76 Å². The van der Waals surface area contributed by atoms with Crippen LogP contribution in [-0.2, 0) is 11.3 Å². The number of carbonyl (C=O) groups is 1. The number of hydrogen-bond donors (Lipinski definition) is 1. The zero-order chi connectivity index (χ0) is 16.7. The molecule has 0 saturated carbocycles. The first-order valence-electron chi connectivity index (χ1n) is 8.96. The number of nitrogens with zero attached hydrogens (tertiary/aromatic N) is 3. The number of oxazole rings is 1. The van der Waals surface area contributed by atoms with Gasteiger partial charge in [-0.15, -0.1) is 0 Å². The summed E-state index contributed by atoms with van der Waals surface area (Å²) in [6.07, 6.45) is 5.45. The van der Waals surface area contributed by atoms with Crippen molar-refractivity contribution in [1.82, 2.24) is 20.1 Å². The third-order valence-corrected chi connectivity index (χ3v) is 5.63. The summed E-state index contributed by atoms with van der Waals surface area (Å²) in [4.78, 5) is 21.7. The van der Waals surface area contributed by atoms with Crippen LogP contribution in [0.1, 0.15) is 23.8 Å². The number of piperidine rings is 1. The molecule has 0 unspecified atom stereocenters. The Labute approximate surface area is 142 Å². The normalized spacial score (nSPS) is 30.1. The minimum atomic E-state index is 0.123. The predicted octanol–water partition coefficient (Wildman–Crippen LogP) is 1.10. The topological polar surface area (TPSA) is 61.6 Å². The molecule has 1 N–H and O–H groups in total. The average Bonchev–Trinajstić information content (AvgIpc) is 2.93. The van der Waals surface area contributed by atoms with E-state index in [9.17, 15) is 4.79 Å². The maximum absolute atomic E-state index is 12.9. The van der Waals surface area contributed by atoms with Crippen LogP contribution in [0.3, 0.4) is 0 Å². The molecule has 2 fully saturated rings. The van der Waals surface area contributed by atoms with Crippen LogP contribution in [0.4, 0.5) is 0 Å². The van der Waals surface area contributed by atoms with Crippen LogP contribution < -0.4 is 5.32 Å². The number of rotatable bonds is 3. The second kappa shape index (κ2) is 6.33. The first kappa shape index (κ1) is 15.8. The van der Waals surface area contributed by atoms with Gasteiger partial charge in [-0.05, 0) is 26.2 Å². The fourth-order valence-corrected chi connectivity index (χ4v) is 4.02. The molecule has 4 heterocycles. The summed E-state index contributed by atoms with van der Waals surface area (Å²) in [5.74, 6) is 2.65. The molecule has 1 aromatic rings. The highest BCUT2D eigenvalue weighted by molar-refractivity contribution is 5.80. The van der Waals surface area contributed by atoms with Crippen LogP contribution in [0.25, 0.3) is 0 Å². The molecule has 0 spiro atoms. The molecule has 4 aliphatic rings. The Balaban J connectivity index is 1.31. The zero-order valence-corrected chi connectivity index (χ0v) is 14.5. The number of amides is 1. The Morgan fingerprint density at radius 1 is 1.29 bits per heavy atom. The summed E-state index contributed by atoms with van der Waals surface area (Å²) < 4.78 is 5.67. The van der Waals surface area contributed by atoms with E-state index >= 15 is 0 Å². The summed E-state index contributed by atoms with van der Waals surface area (Å²) in [7, 11) is 0. The van der Waals surface area contributed by atoms with Gasteiger partial charge in [-0.3, -0.25) is 9.69 Å². The molecule has 2 bridgehead atoms. The van der Waals surface area contributed by atoms with E-state index in [0.717, 1.165) is 63.0 Å². The van der Waals surface area contributed by atoms with E-state index in [2.05, 4.69) is 27.4 Å². The predicted molar refractivity (Wildman–Crippen MR) is 90.4 cm³/mol. The van der Waals surface area contributed by atoms with Crippen molar-refractivity contribution in [3.05, 3.63) is 29.5 Å². The molecular formula is C18H26N4O2. The minimum Gasteiger partial charge on any atom is -0.444 e. The Hall–Kier alpha value is -1.66. The Bertz CT molecular complexity index is 626. The number of nitrogens with one attached hydrogen (secondary N) is 1. The lowest BCUT2D eigenvalue weighted by Gasteiger charge is -2.42. The minimum absolute atomic E-state index is 0.123. The highest BCUT2D eigenvalue weighted by Gasteiger charge is 2.38. The lowest BCUT2D eigenvalue weighted by Crippen LogP contribution is -2.56. The standard InChI is InChI=1S/C18H26N4O2/c1-12-13(2)24-17(20-12)11-21-5-7-22(8-6-21)18(23)15-9-14-3-4-16(15)19-10-14/h3-4,14-16,19H,5-11H2,1-2H3/t14-,15-,16-/m1/s1. The first-order valence-corrected chi connectivity index (χ1v) is 8.96. The van der Waals surface area contributed by atoms with Crippen molar-refractivity contribution in [2.75, 3.05) is 32.7 Å². The van der Waals surface area contributed by atoms with Crippen LogP contribution in [0.2, 0.25) is 0 Å². The fraction of sp³-hybridized carbons (Fsp3) is 0.667. The Morgan fingerprint density at radius 3 is 2.62 bits per heavy atom. The molecule has 5 rings (SSSR count). The van der Waals surface area contributed by atoms with Gasteiger partial charge in [0.15, 0.2) is 0 Å². The van der Waals surface area contributed by atoms with Gasteiger partial charge in [0.05, 0.1) is 18.2 Å². The molecule has 2 saturated heterocycles. The van der Waals surface area contributed by atoms with Crippen molar-refractivity contribution in [3.63, 3.8) is 0 Å². The average molecular weight is 330 g/mol. The molecule has 6 nitrogen and oxygen atoms in total. The molecule has 1 aromatic heterocycles. The molecule has 0 aromatic carbocycles. The van der Waals surface area contributed by atoms with E-state index < -0.39 is 0 Å². The first-order chi connectivity index (χ1) is 11.6. The van der Waals surface area contributed by atoms with Crippen molar-refractivity contribution in [3.8, 4) is 0 Å². The number of fused-ring (bicyclic) bond motifs is 2. The van der Waals surface area contributed by atoms with Gasteiger partial charge in [0.25, 0.3) is 0 Å². The van der Waals surface area contributed by atoms with Gasteiger partial charge in [0.2, 0.25) is 11.8 Å². The smallest absolute Gasteiger partial charge is 0.227 e. The van der Waals surface area contributed by atoms with E-state index in [1.807, 2.05) is 18.7 Å². The quantitative estimate of drug-likeness (QED) is 0.841. The lowest BCUT2D eigenvalue weighted by atomic mass is 9.78. The van der Waals surface area contributed by atoms with Crippen molar-refractivity contribution in [2.24, 2.45) is 11.8 Å². The number of aryl methyl sites for hydroxylation is 2. The van der Waals surface area contributed by atoms with Crippen molar-refractivity contribution >= 4 is 5.91 Å². The molecule has 3 atom stereocenters. The second-order valence-electron chi connectivity index (χ2n) is 7.27. The SMILES string of the molecule is Cc1nc(CN2CCN(C(=O)[C@@H]3C[C@H]4C=C[C@H]3NC4)CC2)oc1C. The summed E-state index contributed by atoms with van der Waals surface area (Å²) in [6.45, 7) is 9.04.